The molecule has 1 saturated heterocycles. The Morgan fingerprint density at radius 2 is 1.74 bits per heavy atom. The Kier molecular flexibility index (Phi) is 13.3. The van der Waals surface area contributed by atoms with Crippen LogP contribution < -0.4 is 14.8 Å². The van der Waals surface area contributed by atoms with Gasteiger partial charge in [0.15, 0.2) is 5.71 Å². The fourth-order valence-corrected chi connectivity index (χ4v) is 8.81. The number of carbonyl (C=O) groups is 4. The molecule has 5 rings (SSSR count). The number of pyridine rings is 2. The summed E-state index contributed by atoms with van der Waals surface area (Å²) in [6.07, 6.45) is 10.1. The van der Waals surface area contributed by atoms with Crippen LogP contribution in [-0.2, 0) is 56.1 Å². The number of hydrogen-bond acceptors (Lipinski definition) is 13. The van der Waals surface area contributed by atoms with E-state index in [1.165, 1.54) is 24.0 Å². The molecule has 0 bridgehead atoms. The van der Waals surface area contributed by atoms with Crippen LogP contribution in [0.4, 0.5) is 11.6 Å². The fraction of sp³-hybridized carbons (Fsp3) is 0.486. The lowest BCUT2D eigenvalue weighted by atomic mass is 9.82. The quantitative estimate of drug-likeness (QED) is 0.0486. The van der Waals surface area contributed by atoms with E-state index in [2.05, 4.69) is 0 Å². The molecular formula is C37H46N5O12PS2. The van der Waals surface area contributed by atoms with E-state index in [1.807, 2.05) is 44.7 Å². The normalized spacial score (nSPS) is 18.1. The number of carbonyl (C=O) groups excluding carboxylic acids is 3. The molecule has 2 aromatic rings. The highest BCUT2D eigenvalue weighted by Gasteiger charge is 2.44. The van der Waals surface area contributed by atoms with Crippen molar-refractivity contribution in [3.8, 4) is 0 Å². The summed E-state index contributed by atoms with van der Waals surface area (Å²) < 4.78 is 48.6. The van der Waals surface area contributed by atoms with Crippen molar-refractivity contribution in [1.29, 1.82) is 0 Å². The number of hydrogen-bond donors (Lipinski definition) is 3. The van der Waals surface area contributed by atoms with E-state index in [0.717, 1.165) is 16.2 Å². The molecule has 2 aromatic heterocycles. The van der Waals surface area contributed by atoms with Gasteiger partial charge in [0.2, 0.25) is 0 Å². The number of aryl methyl sites for hydroxylation is 1. The molecule has 3 aliphatic heterocycles. The van der Waals surface area contributed by atoms with E-state index in [-0.39, 0.29) is 49.7 Å². The van der Waals surface area contributed by atoms with Crippen molar-refractivity contribution in [3.05, 3.63) is 59.6 Å². The third-order valence-electron chi connectivity index (χ3n) is 10.0. The maximum absolute atomic E-state index is 12.4. The highest BCUT2D eigenvalue weighted by atomic mass is 32.2. The third kappa shape index (κ3) is 10.4. The predicted molar refractivity (Wildman–Crippen MR) is 208 cm³/mol. The number of amides is 2. The Morgan fingerprint density at radius 1 is 1.04 bits per heavy atom. The lowest BCUT2D eigenvalue weighted by Gasteiger charge is -2.26. The number of rotatable bonds is 18. The minimum absolute atomic E-state index is 0.00308. The summed E-state index contributed by atoms with van der Waals surface area (Å²) in [6, 6.07) is 3.40. The van der Waals surface area contributed by atoms with Gasteiger partial charge < -0.3 is 29.2 Å². The van der Waals surface area contributed by atoms with Gasteiger partial charge in [-0.3, -0.25) is 18.9 Å². The molecule has 0 aromatic carbocycles. The number of aliphatic imine (C=N–C) groups is 1. The van der Waals surface area contributed by atoms with E-state index in [0.29, 0.717) is 53.8 Å². The van der Waals surface area contributed by atoms with Crippen LogP contribution in [0.5, 0.6) is 0 Å². The third-order valence-corrected chi connectivity index (χ3v) is 12.7. The molecule has 17 nitrogen and oxygen atoms in total. The SMILES string of the molecule is CC1(C)C(/C=C/C=C2\N(CCCS(=O)(=O)[O-])c3ncc(SCCC(=O)ON4C(=O)CCC4=O)cc3C2(C)C)=Nc2c1cc(P(=O)(O)O)c[n+]2CCCCCC(=O)O. The number of carboxylic acids is 1. The van der Waals surface area contributed by atoms with Crippen molar-refractivity contribution < 1.29 is 61.0 Å². The molecule has 20 heteroatoms. The molecule has 0 spiro atoms. The second kappa shape index (κ2) is 17.3. The standard InChI is InChI=1S/C37H46N5O12PS2/c1-36(2)26-20-24(55(48,49)50)23-40(16-7-5-6-12-32(45)46)35(26)39-28(36)10-8-11-29-37(3,4)27-21-25(22-38-34(27)41(29)17-9-19-57(51,52)53)56-18-15-33(47)54-42-30(43)13-14-31(42)44/h8,10-11,20-23H,5-7,9,12-19H2,1-4H3,(H3-,45,46,48,49,50,51,52,53). The summed E-state index contributed by atoms with van der Waals surface area (Å²) in [4.78, 5) is 84.2. The second-order valence-corrected chi connectivity index (χ2v) is 19.3. The van der Waals surface area contributed by atoms with Gasteiger partial charge in [0.25, 0.3) is 11.8 Å². The Hall–Kier alpha value is -4.26. The summed E-state index contributed by atoms with van der Waals surface area (Å²) >= 11 is 1.32. The zero-order valence-electron chi connectivity index (χ0n) is 32.0. The minimum atomic E-state index is -4.63. The van der Waals surface area contributed by atoms with Crippen LogP contribution in [0.3, 0.4) is 0 Å². The predicted octanol–water partition coefficient (Wildman–Crippen LogP) is 3.44. The average Bonchev–Trinajstić information content (AvgIpc) is 3.64. The first-order chi connectivity index (χ1) is 26.6. The first-order valence-corrected chi connectivity index (χ1v) is 22.5. The lowest BCUT2D eigenvalue weighted by Crippen LogP contribution is -2.39. The van der Waals surface area contributed by atoms with Gasteiger partial charge in [-0.2, -0.15) is 0 Å². The summed E-state index contributed by atoms with van der Waals surface area (Å²) in [5.41, 5.74) is 1.36. The van der Waals surface area contributed by atoms with Crippen LogP contribution in [0.25, 0.3) is 0 Å². The number of imide groups is 1. The Labute approximate surface area is 334 Å². The van der Waals surface area contributed by atoms with E-state index in [1.54, 1.807) is 22.9 Å². The van der Waals surface area contributed by atoms with Gasteiger partial charge in [0.05, 0.1) is 34.1 Å². The van der Waals surface area contributed by atoms with Crippen LogP contribution in [0.2, 0.25) is 0 Å². The Balaban J connectivity index is 1.39. The van der Waals surface area contributed by atoms with Gasteiger partial charge in [-0.15, -0.1) is 16.8 Å². The summed E-state index contributed by atoms with van der Waals surface area (Å²) in [6.45, 7) is 8.29. The van der Waals surface area contributed by atoms with Gasteiger partial charge in [-0.1, -0.05) is 19.9 Å². The number of aliphatic carboxylic acids is 1. The number of allylic oxidation sites excluding steroid dienone is 4. The summed E-state index contributed by atoms with van der Waals surface area (Å²) in [7, 11) is -9.11. The Bertz CT molecular complexity index is 2200. The Morgan fingerprint density at radius 3 is 2.39 bits per heavy atom. The smallest absolute Gasteiger partial charge is 0.359 e. The molecule has 2 amide bonds. The molecule has 3 N–H and O–H groups in total. The largest absolute Gasteiger partial charge is 0.748 e. The van der Waals surface area contributed by atoms with Crippen LogP contribution in [0.15, 0.2) is 58.3 Å². The first-order valence-electron chi connectivity index (χ1n) is 18.3. The summed E-state index contributed by atoms with van der Waals surface area (Å²) in [5, 5.41) is 9.34. The molecule has 0 aliphatic carbocycles. The van der Waals surface area contributed by atoms with Crippen LogP contribution in [0, 0.1) is 0 Å². The number of nitrogens with zero attached hydrogens (tertiary/aromatic N) is 5. The molecule has 0 atom stereocenters. The molecule has 0 radical (unpaired) electrons. The topological polar surface area (TPSA) is 248 Å². The minimum Gasteiger partial charge on any atom is -0.748 e. The number of fused-ring (bicyclic) bond motifs is 2. The molecule has 57 heavy (non-hydrogen) atoms. The number of thioether (sulfide) groups is 1. The monoisotopic (exact) mass is 847 g/mol. The van der Waals surface area contributed by atoms with Crippen molar-refractivity contribution in [3.63, 3.8) is 0 Å². The van der Waals surface area contributed by atoms with Crippen molar-refractivity contribution in [2.24, 2.45) is 4.99 Å². The van der Waals surface area contributed by atoms with E-state index < -0.39 is 58.0 Å². The molecule has 0 unspecified atom stereocenters. The molecule has 1 fully saturated rings. The summed E-state index contributed by atoms with van der Waals surface area (Å²) in [5.74, 6) is -1.92. The maximum Gasteiger partial charge on any atom is 0.359 e. The zero-order valence-corrected chi connectivity index (χ0v) is 34.6. The zero-order chi connectivity index (χ0) is 41.9. The maximum atomic E-state index is 12.4. The van der Waals surface area contributed by atoms with Crippen LogP contribution >= 0.6 is 19.4 Å². The number of anilines is 1. The van der Waals surface area contributed by atoms with Crippen LogP contribution in [0.1, 0.15) is 90.2 Å². The van der Waals surface area contributed by atoms with Gasteiger partial charge in [0, 0.05) is 65.1 Å². The van der Waals surface area contributed by atoms with Crippen molar-refractivity contribution in [2.45, 2.75) is 101 Å². The van der Waals surface area contributed by atoms with Gasteiger partial charge in [-0.05, 0) is 68.8 Å². The number of hydroxylamine groups is 2. The average molecular weight is 848 g/mol. The second-order valence-electron chi connectivity index (χ2n) is 15.0. The van der Waals surface area contributed by atoms with Crippen molar-refractivity contribution in [2.75, 3.05) is 23.0 Å². The molecule has 5 heterocycles. The van der Waals surface area contributed by atoms with E-state index in [9.17, 15) is 46.5 Å². The number of carboxylic acid groups (broad SMARTS) is 1. The van der Waals surface area contributed by atoms with Crippen molar-refractivity contribution >= 4 is 75.9 Å². The van der Waals surface area contributed by atoms with E-state index >= 15 is 0 Å². The fourth-order valence-electron chi connectivity index (χ4n) is 6.91. The molecule has 308 valence electrons. The highest BCUT2D eigenvalue weighted by molar-refractivity contribution is 7.99. The van der Waals surface area contributed by atoms with E-state index in [4.69, 9.17) is 19.9 Å². The molecular weight excluding hydrogens is 802 g/mol. The van der Waals surface area contributed by atoms with Gasteiger partial charge in [-0.25, -0.2) is 22.8 Å². The number of unbranched alkanes of at least 4 members (excludes halogenated alkanes) is 2. The van der Waals surface area contributed by atoms with Crippen LogP contribution in [-0.4, -0.2) is 85.4 Å². The first kappa shape index (κ1) is 43.9. The highest BCUT2D eigenvalue weighted by Crippen LogP contribution is 2.48. The molecule has 3 aliphatic rings. The number of aromatic nitrogens is 2. The lowest BCUT2D eigenvalue weighted by molar-refractivity contribution is -0.684. The van der Waals surface area contributed by atoms with Gasteiger partial charge >= 0.3 is 25.4 Å². The van der Waals surface area contributed by atoms with Crippen molar-refractivity contribution in [1.82, 2.24) is 10.0 Å². The molecule has 0 saturated carbocycles. The van der Waals surface area contributed by atoms with Gasteiger partial charge in [0.1, 0.15) is 17.3 Å².